The molecule has 0 saturated heterocycles. The van der Waals surface area contributed by atoms with E-state index in [9.17, 15) is 23.1 Å². The highest BCUT2D eigenvalue weighted by atomic mass is 19.4. The van der Waals surface area contributed by atoms with Crippen LogP contribution in [0.15, 0.2) is 58.9 Å². The van der Waals surface area contributed by atoms with Gasteiger partial charge < -0.3 is 5.11 Å². The molecule has 0 aliphatic rings. The van der Waals surface area contributed by atoms with E-state index in [4.69, 9.17) is 0 Å². The van der Waals surface area contributed by atoms with Crippen LogP contribution in [0.2, 0.25) is 0 Å². The van der Waals surface area contributed by atoms with Crippen molar-refractivity contribution in [2.45, 2.75) is 6.18 Å². The number of aromatic nitrogens is 2. The average molecular weight is 334 g/mol. The Morgan fingerprint density at radius 1 is 1.08 bits per heavy atom. The summed E-state index contributed by atoms with van der Waals surface area (Å²) in [5, 5.41) is 16.8. The molecule has 0 saturated carbocycles. The quantitative estimate of drug-likeness (QED) is 0.718. The number of aromatic carboxylic acids is 1. The molecule has 2 aromatic heterocycles. The summed E-state index contributed by atoms with van der Waals surface area (Å²) in [6, 6.07) is 10.3. The van der Waals surface area contributed by atoms with Gasteiger partial charge in [-0.3, -0.25) is 4.40 Å². The van der Waals surface area contributed by atoms with Crippen LogP contribution in [0.25, 0.3) is 5.65 Å². The summed E-state index contributed by atoms with van der Waals surface area (Å²) in [5.41, 5.74) is -0.965. The molecule has 1 N–H and O–H groups in total. The number of azo groups is 1. The fourth-order valence-electron chi connectivity index (χ4n) is 2.04. The molecule has 0 bridgehead atoms. The third kappa shape index (κ3) is 2.96. The molecule has 0 fully saturated rings. The molecule has 24 heavy (non-hydrogen) atoms. The molecule has 6 nitrogen and oxygen atoms in total. The van der Waals surface area contributed by atoms with Crippen molar-refractivity contribution in [2.24, 2.45) is 10.2 Å². The minimum absolute atomic E-state index is 0.0300. The van der Waals surface area contributed by atoms with Crippen molar-refractivity contribution < 1.29 is 23.1 Å². The monoisotopic (exact) mass is 334 g/mol. The van der Waals surface area contributed by atoms with Gasteiger partial charge in [-0.15, -0.1) is 10.2 Å². The second-order valence-corrected chi connectivity index (χ2v) is 4.77. The van der Waals surface area contributed by atoms with Crippen LogP contribution >= 0.6 is 0 Å². The molecular formula is C15H9F3N4O2. The molecule has 0 amide bonds. The number of fused-ring (bicyclic) bond motifs is 1. The van der Waals surface area contributed by atoms with Crippen LogP contribution in [0.3, 0.4) is 0 Å². The SMILES string of the molecule is O=C(O)c1nc2ccc(C(F)(F)F)cn2c1N=Nc1ccccc1. The number of hydrogen-bond donors (Lipinski definition) is 1. The fraction of sp³-hybridized carbons (Fsp3) is 0.0667. The van der Waals surface area contributed by atoms with E-state index >= 15 is 0 Å². The topological polar surface area (TPSA) is 79.3 Å². The van der Waals surface area contributed by atoms with Crippen LogP contribution in [0.1, 0.15) is 16.1 Å². The van der Waals surface area contributed by atoms with Gasteiger partial charge in [0.25, 0.3) is 0 Å². The summed E-state index contributed by atoms with van der Waals surface area (Å²) in [6.07, 6.45) is -3.83. The first-order valence-electron chi connectivity index (χ1n) is 6.65. The molecule has 0 radical (unpaired) electrons. The van der Waals surface area contributed by atoms with E-state index in [2.05, 4.69) is 15.2 Å². The number of carboxylic acids is 1. The molecule has 2 heterocycles. The molecular weight excluding hydrogens is 325 g/mol. The molecule has 0 aliphatic carbocycles. The summed E-state index contributed by atoms with van der Waals surface area (Å²) in [6.45, 7) is 0. The minimum atomic E-state index is -4.57. The zero-order valence-corrected chi connectivity index (χ0v) is 11.9. The number of imidazole rings is 1. The molecule has 3 aromatic rings. The normalized spacial score (nSPS) is 12.1. The number of nitrogens with zero attached hydrogens (tertiary/aromatic N) is 4. The first-order valence-corrected chi connectivity index (χ1v) is 6.65. The van der Waals surface area contributed by atoms with Gasteiger partial charge in [-0.25, -0.2) is 9.78 Å². The van der Waals surface area contributed by atoms with Gasteiger partial charge >= 0.3 is 12.1 Å². The number of carbonyl (C=O) groups is 1. The standard InChI is InChI=1S/C15H9F3N4O2/c16-15(17,18)9-6-7-11-19-12(14(23)24)13(22(11)8-9)21-20-10-4-2-1-3-5-10/h1-8H,(H,23,24). The van der Waals surface area contributed by atoms with Crippen LogP contribution in [0, 0.1) is 0 Å². The predicted octanol–water partition coefficient (Wildman–Crippen LogP) is 4.47. The van der Waals surface area contributed by atoms with Crippen molar-refractivity contribution in [3.8, 4) is 0 Å². The second-order valence-electron chi connectivity index (χ2n) is 4.77. The number of hydrogen-bond acceptors (Lipinski definition) is 4. The van der Waals surface area contributed by atoms with Gasteiger partial charge in [-0.05, 0) is 24.3 Å². The molecule has 122 valence electrons. The first-order chi connectivity index (χ1) is 11.4. The molecule has 3 rings (SSSR count). The van der Waals surface area contributed by atoms with Gasteiger partial charge in [0.1, 0.15) is 5.65 Å². The van der Waals surface area contributed by atoms with Crippen molar-refractivity contribution in [1.82, 2.24) is 9.38 Å². The lowest BCUT2D eigenvalue weighted by atomic mass is 10.3. The smallest absolute Gasteiger partial charge is 0.417 e. The van der Waals surface area contributed by atoms with Crippen LogP contribution in [0.4, 0.5) is 24.7 Å². The summed E-state index contributed by atoms with van der Waals surface area (Å²) < 4.78 is 39.5. The number of pyridine rings is 1. The summed E-state index contributed by atoms with van der Waals surface area (Å²) in [7, 11) is 0. The van der Waals surface area contributed by atoms with Crippen LogP contribution in [-0.2, 0) is 6.18 Å². The molecule has 0 aliphatic heterocycles. The Kier molecular flexibility index (Phi) is 3.76. The first kappa shape index (κ1) is 15.7. The zero-order chi connectivity index (χ0) is 17.3. The van der Waals surface area contributed by atoms with Crippen LogP contribution in [-0.4, -0.2) is 20.5 Å². The van der Waals surface area contributed by atoms with E-state index < -0.39 is 23.4 Å². The van der Waals surface area contributed by atoms with E-state index in [0.29, 0.717) is 5.69 Å². The van der Waals surface area contributed by atoms with Crippen LogP contribution in [0.5, 0.6) is 0 Å². The van der Waals surface area contributed by atoms with Crippen molar-refractivity contribution in [1.29, 1.82) is 0 Å². The lowest BCUT2D eigenvalue weighted by molar-refractivity contribution is -0.137. The van der Waals surface area contributed by atoms with Gasteiger partial charge in [-0.2, -0.15) is 13.2 Å². The second kappa shape index (κ2) is 5.76. The number of carboxylic acid groups (broad SMARTS) is 1. The third-order valence-corrected chi connectivity index (χ3v) is 3.14. The van der Waals surface area contributed by atoms with E-state index in [-0.39, 0.29) is 11.5 Å². The van der Waals surface area contributed by atoms with Crippen LogP contribution < -0.4 is 0 Å². The Morgan fingerprint density at radius 3 is 2.42 bits per heavy atom. The molecule has 0 spiro atoms. The van der Waals surface area contributed by atoms with Gasteiger partial charge in [0, 0.05) is 6.20 Å². The molecule has 0 unspecified atom stereocenters. The van der Waals surface area contributed by atoms with Crippen molar-refractivity contribution >= 4 is 23.1 Å². The average Bonchev–Trinajstić information content (AvgIpc) is 2.91. The van der Waals surface area contributed by atoms with Crippen molar-refractivity contribution in [3.63, 3.8) is 0 Å². The number of halogens is 3. The Balaban J connectivity index is 2.17. The van der Waals surface area contributed by atoms with E-state index in [1.807, 2.05) is 0 Å². The van der Waals surface area contributed by atoms with E-state index in [1.165, 1.54) is 0 Å². The van der Waals surface area contributed by atoms with Crippen molar-refractivity contribution in [3.05, 3.63) is 59.9 Å². The zero-order valence-electron chi connectivity index (χ0n) is 11.9. The maximum absolute atomic E-state index is 12.9. The predicted molar refractivity (Wildman–Crippen MR) is 77.8 cm³/mol. The summed E-state index contributed by atoms with van der Waals surface area (Å²) in [4.78, 5) is 15.1. The highest BCUT2D eigenvalue weighted by Crippen LogP contribution is 2.31. The number of alkyl halides is 3. The lowest BCUT2D eigenvalue weighted by Crippen LogP contribution is -2.06. The maximum atomic E-state index is 12.9. The van der Waals surface area contributed by atoms with Gasteiger partial charge in [-0.1, -0.05) is 18.2 Å². The largest absolute Gasteiger partial charge is 0.476 e. The number of benzene rings is 1. The molecule has 9 heteroatoms. The summed E-state index contributed by atoms with van der Waals surface area (Å²) in [5.74, 6) is -1.69. The van der Waals surface area contributed by atoms with E-state index in [0.717, 1.165) is 22.7 Å². The fourth-order valence-corrected chi connectivity index (χ4v) is 2.04. The Labute approximate surface area is 132 Å². The van der Waals surface area contributed by atoms with Gasteiger partial charge in [0.2, 0.25) is 0 Å². The maximum Gasteiger partial charge on any atom is 0.417 e. The Hall–Kier alpha value is -3.23. The Morgan fingerprint density at radius 2 is 1.79 bits per heavy atom. The van der Waals surface area contributed by atoms with Gasteiger partial charge in [0.05, 0.1) is 11.3 Å². The minimum Gasteiger partial charge on any atom is -0.476 e. The lowest BCUT2D eigenvalue weighted by Gasteiger charge is -2.06. The van der Waals surface area contributed by atoms with E-state index in [1.54, 1.807) is 30.3 Å². The number of rotatable bonds is 3. The highest BCUT2D eigenvalue weighted by molar-refractivity contribution is 5.91. The summed E-state index contributed by atoms with van der Waals surface area (Å²) >= 11 is 0. The van der Waals surface area contributed by atoms with Gasteiger partial charge in [0.15, 0.2) is 11.5 Å². The third-order valence-electron chi connectivity index (χ3n) is 3.14. The van der Waals surface area contributed by atoms with Crippen molar-refractivity contribution in [2.75, 3.05) is 0 Å². The molecule has 1 aromatic carbocycles. The Bertz CT molecular complexity index is 933. The highest BCUT2D eigenvalue weighted by Gasteiger charge is 2.31. The molecule has 0 atom stereocenters.